The van der Waals surface area contributed by atoms with Gasteiger partial charge in [-0.1, -0.05) is 56.2 Å². The van der Waals surface area contributed by atoms with Gasteiger partial charge in [0.15, 0.2) is 0 Å². The Morgan fingerprint density at radius 2 is 1.38 bits per heavy atom. The van der Waals surface area contributed by atoms with Gasteiger partial charge in [-0.05, 0) is 54.5 Å². The molecular weight excluding hydrogens is 450 g/mol. The van der Waals surface area contributed by atoms with Gasteiger partial charge in [0, 0.05) is 18.1 Å². The maximum Gasteiger partial charge on any atom is 0.299 e. The minimum Gasteiger partial charge on any atom is -0.550 e. The average Bonchev–Trinajstić information content (AvgIpc) is 2.72. The lowest BCUT2D eigenvalue weighted by atomic mass is 10.0. The van der Waals surface area contributed by atoms with Crippen molar-refractivity contribution in [2.75, 3.05) is 32.4 Å². The van der Waals surface area contributed by atoms with Gasteiger partial charge < -0.3 is 14.4 Å². The van der Waals surface area contributed by atoms with Crippen molar-refractivity contribution >= 4 is 21.9 Å². The Bertz CT molecular complexity index is 998. The van der Waals surface area contributed by atoms with Crippen molar-refractivity contribution < 1.29 is 22.8 Å². The van der Waals surface area contributed by atoms with Gasteiger partial charge in [-0.15, -0.1) is 0 Å². The number of hydrogen-bond acceptors (Lipinski definition) is 4. The van der Waals surface area contributed by atoms with Crippen LogP contribution in [-0.4, -0.2) is 52.6 Å². The third kappa shape index (κ3) is 11.1. The summed E-state index contributed by atoms with van der Waals surface area (Å²) in [4.78, 5) is 11.0. The summed E-state index contributed by atoms with van der Waals surface area (Å²) >= 11 is 0. The zero-order valence-electron chi connectivity index (χ0n) is 20.8. The first-order valence-corrected chi connectivity index (χ1v) is 13.4. The second-order valence-electron chi connectivity index (χ2n) is 9.94. The number of likely N-dealkylation sites (N-methyl/N-ethyl adjacent to an activating group) is 1. The monoisotopic (exact) mass is 489 g/mol. The molecule has 1 unspecified atom stereocenters. The molecular formula is C26H39N3O4S. The van der Waals surface area contributed by atoms with E-state index in [1.54, 1.807) is 12.1 Å². The van der Waals surface area contributed by atoms with E-state index in [-0.39, 0.29) is 0 Å². The molecule has 0 fully saturated rings. The molecule has 2 aromatic carbocycles. The number of unbranched alkanes of at least 4 members (excludes halogenated alkanes) is 2. The molecule has 7 nitrogen and oxygen atoms in total. The molecule has 0 saturated heterocycles. The molecule has 0 radical (unpaired) electrons. The molecule has 0 aliphatic rings. The molecule has 0 aliphatic carbocycles. The number of carbonyl (C=O) groups excluding carboxylic acids is 1. The van der Waals surface area contributed by atoms with Crippen molar-refractivity contribution in [3.8, 4) is 0 Å². The van der Waals surface area contributed by atoms with Crippen molar-refractivity contribution in [1.29, 1.82) is 0 Å². The van der Waals surface area contributed by atoms with E-state index < -0.39 is 28.6 Å². The van der Waals surface area contributed by atoms with Gasteiger partial charge in [0.2, 0.25) is 0 Å². The van der Waals surface area contributed by atoms with Crippen LogP contribution in [0.25, 0.3) is 0 Å². The lowest BCUT2D eigenvalue weighted by Crippen LogP contribution is -2.51. The van der Waals surface area contributed by atoms with Crippen molar-refractivity contribution in [1.82, 2.24) is 4.72 Å². The van der Waals surface area contributed by atoms with Gasteiger partial charge in [-0.3, -0.25) is 4.72 Å². The number of hydrogen-bond donors (Lipinski definition) is 2. The van der Waals surface area contributed by atoms with Gasteiger partial charge in [0.1, 0.15) is 0 Å². The molecule has 0 heterocycles. The summed E-state index contributed by atoms with van der Waals surface area (Å²) < 4.78 is 30.4. The van der Waals surface area contributed by atoms with Crippen molar-refractivity contribution in [3.05, 3.63) is 65.2 Å². The second-order valence-corrected chi connectivity index (χ2v) is 11.4. The summed E-state index contributed by atoms with van der Waals surface area (Å²) in [5.74, 6) is -1.29. The molecule has 0 spiro atoms. The lowest BCUT2D eigenvalue weighted by molar-refractivity contribution is -0.871. The fourth-order valence-corrected chi connectivity index (χ4v) is 4.99. The highest BCUT2D eigenvalue weighted by molar-refractivity contribution is 7.90. The molecule has 0 saturated carbocycles. The minimum absolute atomic E-state index is 0.313. The minimum atomic E-state index is -3.93. The standard InChI is InChI=1S/C26H39N3O4S/c1-5-6-7-8-21-9-11-22(12-10-21)13-14-23-15-17-24(18-16-23)27-34(32,33)28-25(19-26(30)31)20-29(2,3)4/h9-12,15-18,25,27-28H,5-8,13-14,19-20H2,1-4H3. The third-order valence-electron chi connectivity index (χ3n) is 5.50. The summed E-state index contributed by atoms with van der Waals surface area (Å²) in [6.45, 7) is 2.53. The summed E-state index contributed by atoms with van der Waals surface area (Å²) in [5, 5.41) is 11.0. The molecule has 0 amide bonds. The normalized spacial score (nSPS) is 12.9. The van der Waals surface area contributed by atoms with Crippen LogP contribution in [0.4, 0.5) is 5.69 Å². The van der Waals surface area contributed by atoms with Crippen LogP contribution in [0.3, 0.4) is 0 Å². The number of rotatable bonds is 15. The summed E-state index contributed by atoms with van der Waals surface area (Å²) in [7, 11) is 1.66. The summed E-state index contributed by atoms with van der Waals surface area (Å²) in [5.41, 5.74) is 4.20. The molecule has 2 rings (SSSR count). The van der Waals surface area contributed by atoms with Crippen LogP contribution in [0.15, 0.2) is 48.5 Å². The molecule has 2 aromatic rings. The maximum absolute atomic E-state index is 12.5. The third-order valence-corrected chi connectivity index (χ3v) is 6.65. The van der Waals surface area contributed by atoms with E-state index in [0.29, 0.717) is 16.7 Å². The molecule has 0 aromatic heterocycles. The van der Waals surface area contributed by atoms with E-state index in [0.717, 1.165) is 24.8 Å². The van der Waals surface area contributed by atoms with Crippen LogP contribution in [0.5, 0.6) is 0 Å². The van der Waals surface area contributed by atoms with E-state index in [4.69, 9.17) is 0 Å². The SMILES string of the molecule is CCCCCc1ccc(CCc2ccc(NS(=O)(=O)NC(CC(=O)[O-])C[N+](C)(C)C)cc2)cc1. The first-order chi connectivity index (χ1) is 16.0. The van der Waals surface area contributed by atoms with Gasteiger partial charge in [-0.25, -0.2) is 0 Å². The Hall–Kier alpha value is -2.42. The number of benzene rings is 2. The topological polar surface area (TPSA) is 98.3 Å². The van der Waals surface area contributed by atoms with Crippen molar-refractivity contribution in [3.63, 3.8) is 0 Å². The predicted octanol–water partition coefficient (Wildman–Crippen LogP) is 2.67. The van der Waals surface area contributed by atoms with Crippen molar-refractivity contribution in [2.45, 2.75) is 57.9 Å². The number of carboxylic acids is 1. The number of aryl methyl sites for hydroxylation is 3. The van der Waals surface area contributed by atoms with Gasteiger partial charge >= 0.3 is 0 Å². The largest absolute Gasteiger partial charge is 0.550 e. The molecule has 188 valence electrons. The van der Waals surface area contributed by atoms with E-state index >= 15 is 0 Å². The fourth-order valence-electron chi connectivity index (χ4n) is 3.89. The van der Waals surface area contributed by atoms with E-state index in [1.165, 1.54) is 30.4 Å². The van der Waals surface area contributed by atoms with Crippen LogP contribution in [-0.2, 0) is 34.3 Å². The smallest absolute Gasteiger partial charge is 0.299 e. The highest BCUT2D eigenvalue weighted by Crippen LogP contribution is 2.15. The molecule has 0 aliphatic heterocycles. The van der Waals surface area contributed by atoms with Gasteiger partial charge in [-0.2, -0.15) is 13.1 Å². The van der Waals surface area contributed by atoms with Crippen LogP contribution >= 0.6 is 0 Å². The average molecular weight is 490 g/mol. The Kier molecular flexibility index (Phi) is 10.5. The quantitative estimate of drug-likeness (QED) is 0.297. The first kappa shape index (κ1) is 27.8. The lowest BCUT2D eigenvalue weighted by Gasteiger charge is -2.29. The molecule has 2 N–H and O–H groups in total. The zero-order valence-corrected chi connectivity index (χ0v) is 21.7. The van der Waals surface area contributed by atoms with Crippen LogP contribution in [0.2, 0.25) is 0 Å². The Balaban J connectivity index is 1.90. The van der Waals surface area contributed by atoms with E-state index in [2.05, 4.69) is 40.6 Å². The summed E-state index contributed by atoms with van der Waals surface area (Å²) in [6.07, 6.45) is 6.23. The van der Waals surface area contributed by atoms with Gasteiger partial charge in [0.25, 0.3) is 10.2 Å². The van der Waals surface area contributed by atoms with E-state index in [9.17, 15) is 18.3 Å². The Labute approximate surface area is 205 Å². The molecule has 8 heteroatoms. The zero-order chi connectivity index (χ0) is 25.2. The second kappa shape index (κ2) is 12.9. The van der Waals surface area contributed by atoms with Crippen LogP contribution in [0.1, 0.15) is 49.3 Å². The predicted molar refractivity (Wildman–Crippen MR) is 136 cm³/mol. The maximum atomic E-state index is 12.5. The number of anilines is 1. The molecule has 0 bridgehead atoms. The van der Waals surface area contributed by atoms with E-state index in [1.807, 2.05) is 33.3 Å². The van der Waals surface area contributed by atoms with Crippen LogP contribution < -0.4 is 14.6 Å². The first-order valence-electron chi connectivity index (χ1n) is 11.9. The number of nitrogens with zero attached hydrogens (tertiary/aromatic N) is 1. The van der Waals surface area contributed by atoms with Crippen LogP contribution in [0, 0.1) is 0 Å². The highest BCUT2D eigenvalue weighted by atomic mass is 32.2. The number of carboxylic acid groups (broad SMARTS) is 1. The summed E-state index contributed by atoms with van der Waals surface area (Å²) in [6, 6.07) is 15.3. The molecule has 34 heavy (non-hydrogen) atoms. The Morgan fingerprint density at radius 1 is 0.882 bits per heavy atom. The number of nitrogens with one attached hydrogen (secondary N) is 2. The van der Waals surface area contributed by atoms with Crippen molar-refractivity contribution in [2.24, 2.45) is 0 Å². The number of carbonyl (C=O) groups is 1. The highest BCUT2D eigenvalue weighted by Gasteiger charge is 2.24. The number of quaternary nitrogens is 1. The fraction of sp³-hybridized carbons (Fsp3) is 0.500. The number of aliphatic carboxylic acids is 1. The Morgan fingerprint density at radius 3 is 1.85 bits per heavy atom. The van der Waals surface area contributed by atoms with Gasteiger partial charge in [0.05, 0.1) is 33.7 Å². The molecule has 1 atom stereocenters.